The third-order valence-corrected chi connectivity index (χ3v) is 3.77. The molecule has 1 aromatic heterocycles. The zero-order valence-corrected chi connectivity index (χ0v) is 13.5. The van der Waals surface area contributed by atoms with Gasteiger partial charge >= 0.3 is 17.1 Å². The topological polar surface area (TPSA) is 76.9 Å². The largest absolute Gasteiger partial charge is 0.340 e. The summed E-state index contributed by atoms with van der Waals surface area (Å²) >= 11 is 0. The van der Waals surface area contributed by atoms with Gasteiger partial charge in [-0.3, -0.25) is 4.98 Å². The molecule has 1 heterocycles. The van der Waals surface area contributed by atoms with E-state index in [0.29, 0.717) is 5.69 Å². The molecule has 22 heavy (non-hydrogen) atoms. The molecule has 0 aliphatic rings. The van der Waals surface area contributed by atoms with E-state index in [2.05, 4.69) is 4.98 Å². The van der Waals surface area contributed by atoms with E-state index in [0.717, 1.165) is 20.3 Å². The first-order chi connectivity index (χ1) is 10.3. The molecule has 0 radical (unpaired) electrons. The van der Waals surface area contributed by atoms with Gasteiger partial charge in [-0.2, -0.15) is 0 Å². The van der Waals surface area contributed by atoms with Crippen LogP contribution >= 0.6 is 0 Å². The highest BCUT2D eigenvalue weighted by atomic mass is 16.2. The molecule has 0 fully saturated rings. The summed E-state index contributed by atoms with van der Waals surface area (Å²) in [4.78, 5) is 38.5. The number of rotatable bonds is 3. The molecule has 6 nitrogen and oxygen atoms in total. The van der Waals surface area contributed by atoms with E-state index in [1.807, 2.05) is 45.9 Å². The molecule has 118 valence electrons. The minimum absolute atomic E-state index is 0.136. The average molecular weight is 303 g/mol. The highest BCUT2D eigenvalue weighted by molar-refractivity contribution is 5.50. The molecule has 2 aromatic rings. The Hall–Kier alpha value is -2.37. The zero-order chi connectivity index (χ0) is 16.6. The number of H-pyrrole nitrogens is 1. The maximum Gasteiger partial charge on any atom is 0.340 e. The van der Waals surface area contributed by atoms with Crippen LogP contribution in [0.15, 0.2) is 32.6 Å². The minimum Gasteiger partial charge on any atom is -0.258 e. The van der Waals surface area contributed by atoms with Crippen LogP contribution in [-0.2, 0) is 7.05 Å². The quantitative estimate of drug-likeness (QED) is 0.933. The number of aromatic amines is 1. The first-order valence-corrected chi connectivity index (χ1v) is 7.31. The van der Waals surface area contributed by atoms with E-state index < -0.39 is 17.1 Å². The number of nitrogens with zero attached hydrogens (tertiary/aromatic N) is 2. The van der Waals surface area contributed by atoms with Gasteiger partial charge < -0.3 is 0 Å². The Morgan fingerprint density at radius 2 is 1.41 bits per heavy atom. The Balaban J connectivity index is 3.01. The molecular formula is C16H21N3O3. The summed E-state index contributed by atoms with van der Waals surface area (Å²) in [6.45, 7) is 8.02. The van der Waals surface area contributed by atoms with Crippen LogP contribution in [-0.4, -0.2) is 14.1 Å². The molecule has 0 atom stereocenters. The Bertz CT molecular complexity index is 843. The summed E-state index contributed by atoms with van der Waals surface area (Å²) in [5, 5.41) is 0. The van der Waals surface area contributed by atoms with Crippen molar-refractivity contribution in [3.63, 3.8) is 0 Å². The van der Waals surface area contributed by atoms with E-state index in [1.54, 1.807) is 0 Å². The van der Waals surface area contributed by atoms with Crippen molar-refractivity contribution in [3.05, 3.63) is 60.8 Å². The number of aromatic nitrogens is 3. The van der Waals surface area contributed by atoms with Crippen molar-refractivity contribution in [2.45, 2.75) is 39.5 Å². The predicted octanol–water partition coefficient (Wildman–Crippen LogP) is 1.47. The highest BCUT2D eigenvalue weighted by Crippen LogP contribution is 2.29. The van der Waals surface area contributed by atoms with Crippen LogP contribution in [0.1, 0.15) is 50.7 Å². The normalized spacial score (nSPS) is 11.4. The van der Waals surface area contributed by atoms with Gasteiger partial charge in [-0.15, -0.1) is 0 Å². The Labute approximate surface area is 128 Å². The molecule has 0 saturated carbocycles. The molecule has 0 unspecified atom stereocenters. The second-order valence-corrected chi connectivity index (χ2v) is 6.01. The lowest BCUT2D eigenvalue weighted by Crippen LogP contribution is -2.48. The predicted molar refractivity (Wildman–Crippen MR) is 86.1 cm³/mol. The molecule has 0 amide bonds. The number of para-hydroxylation sites is 1. The van der Waals surface area contributed by atoms with Crippen LogP contribution in [0.4, 0.5) is 0 Å². The van der Waals surface area contributed by atoms with Crippen molar-refractivity contribution in [1.29, 1.82) is 0 Å². The summed E-state index contributed by atoms with van der Waals surface area (Å²) < 4.78 is 1.97. The van der Waals surface area contributed by atoms with Gasteiger partial charge in [-0.1, -0.05) is 45.9 Å². The second-order valence-electron chi connectivity index (χ2n) is 6.01. The molecule has 2 rings (SSSR count). The number of benzene rings is 1. The molecule has 0 spiro atoms. The lowest BCUT2D eigenvalue weighted by molar-refractivity contribution is 0.648. The lowest BCUT2D eigenvalue weighted by Gasteiger charge is -2.20. The molecule has 0 aliphatic heterocycles. The van der Waals surface area contributed by atoms with Crippen molar-refractivity contribution < 1.29 is 0 Å². The van der Waals surface area contributed by atoms with Gasteiger partial charge in [-0.05, 0) is 23.0 Å². The smallest absolute Gasteiger partial charge is 0.258 e. The van der Waals surface area contributed by atoms with Gasteiger partial charge in [0.15, 0.2) is 0 Å². The summed E-state index contributed by atoms with van der Waals surface area (Å²) in [5.74, 6) is 0.273. The lowest BCUT2D eigenvalue weighted by atomic mass is 9.92. The monoisotopic (exact) mass is 303 g/mol. The van der Waals surface area contributed by atoms with Gasteiger partial charge in [0.05, 0.1) is 5.69 Å². The second kappa shape index (κ2) is 5.79. The van der Waals surface area contributed by atoms with Crippen molar-refractivity contribution in [1.82, 2.24) is 14.1 Å². The maximum atomic E-state index is 12.5. The van der Waals surface area contributed by atoms with Crippen LogP contribution in [0, 0.1) is 0 Å². The van der Waals surface area contributed by atoms with Crippen molar-refractivity contribution in [2.24, 2.45) is 7.05 Å². The summed E-state index contributed by atoms with van der Waals surface area (Å²) in [7, 11) is 1.35. The number of nitrogens with one attached hydrogen (secondary N) is 1. The first-order valence-electron chi connectivity index (χ1n) is 7.31. The first kappa shape index (κ1) is 16.0. The molecular weight excluding hydrogens is 282 g/mol. The van der Waals surface area contributed by atoms with E-state index in [4.69, 9.17) is 0 Å². The van der Waals surface area contributed by atoms with Crippen LogP contribution in [0.5, 0.6) is 0 Å². The highest BCUT2D eigenvalue weighted by Gasteiger charge is 2.19. The Morgan fingerprint density at radius 3 is 1.86 bits per heavy atom. The minimum atomic E-state index is -0.709. The Morgan fingerprint density at radius 1 is 0.909 bits per heavy atom. The number of hydrogen-bond acceptors (Lipinski definition) is 3. The van der Waals surface area contributed by atoms with E-state index in [-0.39, 0.29) is 11.8 Å². The van der Waals surface area contributed by atoms with Gasteiger partial charge in [0, 0.05) is 7.05 Å². The standard InChI is InChI=1S/C16H21N3O3/c1-9(2)11-7-6-8-12(10(3)4)13(11)19-15(21)17-14(20)18(5)16(19)22/h6-10H,1-5H3,(H,17,20,21). The third-order valence-electron chi connectivity index (χ3n) is 3.77. The van der Waals surface area contributed by atoms with Crippen molar-refractivity contribution in [3.8, 4) is 5.69 Å². The van der Waals surface area contributed by atoms with Gasteiger partial charge in [0.2, 0.25) is 0 Å². The molecule has 1 aromatic carbocycles. The molecule has 0 saturated heterocycles. The SMILES string of the molecule is CC(C)c1cccc(C(C)C)c1-n1c(=O)[nH]c(=O)n(C)c1=O. The van der Waals surface area contributed by atoms with Gasteiger partial charge in [0.1, 0.15) is 0 Å². The van der Waals surface area contributed by atoms with Crippen molar-refractivity contribution in [2.75, 3.05) is 0 Å². The molecule has 0 aliphatic carbocycles. The number of hydrogen-bond donors (Lipinski definition) is 1. The molecule has 0 bridgehead atoms. The Kier molecular flexibility index (Phi) is 4.21. The molecule has 1 N–H and O–H groups in total. The summed E-state index contributed by atoms with van der Waals surface area (Å²) in [6.07, 6.45) is 0. The molecule has 6 heteroatoms. The zero-order valence-electron chi connectivity index (χ0n) is 13.5. The average Bonchev–Trinajstić information content (AvgIpc) is 2.44. The maximum absolute atomic E-state index is 12.5. The third kappa shape index (κ3) is 2.56. The fourth-order valence-electron chi connectivity index (χ4n) is 2.52. The summed E-state index contributed by atoms with van der Waals surface area (Å²) in [6, 6.07) is 5.74. The van der Waals surface area contributed by atoms with Crippen LogP contribution in [0.2, 0.25) is 0 Å². The fourth-order valence-corrected chi connectivity index (χ4v) is 2.52. The van der Waals surface area contributed by atoms with Gasteiger partial charge in [-0.25, -0.2) is 23.5 Å². The van der Waals surface area contributed by atoms with E-state index in [9.17, 15) is 14.4 Å². The van der Waals surface area contributed by atoms with Crippen molar-refractivity contribution >= 4 is 0 Å². The summed E-state index contributed by atoms with van der Waals surface area (Å²) in [5.41, 5.74) is 0.329. The van der Waals surface area contributed by atoms with E-state index >= 15 is 0 Å². The van der Waals surface area contributed by atoms with E-state index in [1.165, 1.54) is 7.05 Å². The van der Waals surface area contributed by atoms with Crippen LogP contribution < -0.4 is 17.1 Å². The van der Waals surface area contributed by atoms with Gasteiger partial charge in [0.25, 0.3) is 0 Å². The van der Waals surface area contributed by atoms with Crippen LogP contribution in [0.25, 0.3) is 5.69 Å². The fraction of sp³-hybridized carbons (Fsp3) is 0.438. The van der Waals surface area contributed by atoms with Crippen LogP contribution in [0.3, 0.4) is 0 Å².